The summed E-state index contributed by atoms with van der Waals surface area (Å²) in [4.78, 5) is 0. The number of alkyl halides is 3. The summed E-state index contributed by atoms with van der Waals surface area (Å²) in [6.45, 7) is 0. The monoisotopic (exact) mass is 278 g/mol. The number of pyridine rings is 1. The number of anilines is 1. The number of nitrogens with two attached hydrogens (primary N) is 1. The summed E-state index contributed by atoms with van der Waals surface area (Å²) in [6, 6.07) is 9.07. The summed E-state index contributed by atoms with van der Waals surface area (Å²) in [5.74, 6) is 0.282. The third-order valence-corrected chi connectivity index (χ3v) is 2.93. The molecule has 0 radical (unpaired) electrons. The minimum atomic E-state index is -4.42. The first-order valence-corrected chi connectivity index (χ1v) is 5.73. The number of hydrogen-bond acceptors (Lipinski definition) is 3. The van der Waals surface area contributed by atoms with E-state index in [-0.39, 0.29) is 5.82 Å². The topological polar surface area (TPSA) is 56.2 Å². The molecule has 2 aromatic heterocycles. The second kappa shape index (κ2) is 4.22. The van der Waals surface area contributed by atoms with Gasteiger partial charge in [0.1, 0.15) is 0 Å². The normalized spacial score (nSPS) is 11.9. The molecule has 3 aromatic rings. The maximum absolute atomic E-state index is 12.8. The number of rotatable bonds is 1. The van der Waals surface area contributed by atoms with Crippen LogP contribution in [-0.4, -0.2) is 14.6 Å². The van der Waals surface area contributed by atoms with E-state index in [9.17, 15) is 13.2 Å². The van der Waals surface area contributed by atoms with Crippen LogP contribution in [0.5, 0.6) is 0 Å². The molecule has 0 saturated carbocycles. The van der Waals surface area contributed by atoms with Crippen LogP contribution in [0, 0.1) is 0 Å². The van der Waals surface area contributed by atoms with E-state index in [1.807, 2.05) is 0 Å². The van der Waals surface area contributed by atoms with Crippen molar-refractivity contribution >= 4 is 11.3 Å². The van der Waals surface area contributed by atoms with Gasteiger partial charge >= 0.3 is 6.18 Å². The van der Waals surface area contributed by atoms with Gasteiger partial charge in [0.15, 0.2) is 11.5 Å². The second-order valence-corrected chi connectivity index (χ2v) is 4.25. The molecule has 2 N–H and O–H groups in total. The lowest BCUT2D eigenvalue weighted by atomic mass is 10.1. The van der Waals surface area contributed by atoms with Gasteiger partial charge < -0.3 is 5.73 Å². The molecule has 0 saturated heterocycles. The fraction of sp³-hybridized carbons (Fsp3) is 0.0769. The van der Waals surface area contributed by atoms with Gasteiger partial charge in [-0.05, 0) is 24.3 Å². The van der Waals surface area contributed by atoms with Gasteiger partial charge in [-0.3, -0.25) is 4.40 Å². The van der Waals surface area contributed by atoms with Crippen LogP contribution in [0.3, 0.4) is 0 Å². The van der Waals surface area contributed by atoms with Crippen molar-refractivity contribution in [3.8, 4) is 11.4 Å². The summed E-state index contributed by atoms with van der Waals surface area (Å²) in [5.41, 5.74) is 6.36. The predicted octanol–water partition coefficient (Wildman–Crippen LogP) is 3.00. The van der Waals surface area contributed by atoms with Gasteiger partial charge in [0.25, 0.3) is 0 Å². The summed E-state index contributed by atoms with van der Waals surface area (Å²) in [7, 11) is 0. The summed E-state index contributed by atoms with van der Waals surface area (Å²) in [6.07, 6.45) is -3.45. The molecule has 0 unspecified atom stereocenters. The van der Waals surface area contributed by atoms with E-state index in [0.29, 0.717) is 16.9 Å². The first kappa shape index (κ1) is 12.5. The molecule has 0 amide bonds. The zero-order chi connectivity index (χ0) is 14.3. The predicted molar refractivity (Wildman–Crippen MR) is 67.8 cm³/mol. The van der Waals surface area contributed by atoms with Gasteiger partial charge in [-0.25, -0.2) is 0 Å². The first-order chi connectivity index (χ1) is 9.47. The Morgan fingerprint density at radius 2 is 1.75 bits per heavy atom. The molecule has 2 heterocycles. The number of hydrogen-bond donors (Lipinski definition) is 1. The Balaban J connectivity index is 2.25. The fourth-order valence-electron chi connectivity index (χ4n) is 1.94. The molecule has 102 valence electrons. The van der Waals surface area contributed by atoms with E-state index in [2.05, 4.69) is 10.2 Å². The van der Waals surface area contributed by atoms with Crippen LogP contribution in [0.2, 0.25) is 0 Å². The van der Waals surface area contributed by atoms with E-state index < -0.39 is 11.7 Å². The number of nitrogen functional groups attached to an aromatic ring is 1. The number of para-hydroxylation sites is 1. The Kier molecular flexibility index (Phi) is 2.63. The Hall–Kier alpha value is -2.57. The number of halogens is 3. The Morgan fingerprint density at radius 3 is 2.45 bits per heavy atom. The van der Waals surface area contributed by atoms with Crippen LogP contribution in [0.1, 0.15) is 5.56 Å². The highest BCUT2D eigenvalue weighted by Gasteiger charge is 2.31. The van der Waals surface area contributed by atoms with E-state index in [4.69, 9.17) is 5.73 Å². The quantitative estimate of drug-likeness (QED) is 0.696. The molecule has 20 heavy (non-hydrogen) atoms. The molecule has 7 heteroatoms. The number of nitrogens with zero attached hydrogens (tertiary/aromatic N) is 3. The molecule has 1 aromatic carbocycles. The van der Waals surface area contributed by atoms with Crippen LogP contribution >= 0.6 is 0 Å². The average Bonchev–Trinajstić information content (AvgIpc) is 2.81. The highest BCUT2D eigenvalue weighted by molar-refractivity contribution is 5.72. The lowest BCUT2D eigenvalue weighted by Crippen LogP contribution is -2.06. The number of fused-ring (bicyclic) bond motifs is 1. The van der Waals surface area contributed by atoms with Crippen molar-refractivity contribution in [1.82, 2.24) is 14.6 Å². The molecular formula is C13H9F3N4. The maximum atomic E-state index is 12.8. The third kappa shape index (κ3) is 1.97. The van der Waals surface area contributed by atoms with E-state index in [1.54, 1.807) is 24.3 Å². The molecule has 4 nitrogen and oxygen atoms in total. The van der Waals surface area contributed by atoms with Crippen molar-refractivity contribution in [1.29, 1.82) is 0 Å². The van der Waals surface area contributed by atoms with Crippen LogP contribution in [-0.2, 0) is 6.18 Å². The molecular weight excluding hydrogens is 269 g/mol. The van der Waals surface area contributed by atoms with Gasteiger partial charge in [0.2, 0.25) is 0 Å². The van der Waals surface area contributed by atoms with Crippen molar-refractivity contribution < 1.29 is 13.2 Å². The number of aromatic nitrogens is 3. The minimum Gasteiger partial charge on any atom is -0.398 e. The molecule has 0 bridgehead atoms. The maximum Gasteiger partial charge on any atom is 0.417 e. The molecule has 0 spiro atoms. The Morgan fingerprint density at radius 1 is 1.00 bits per heavy atom. The molecule has 0 atom stereocenters. The van der Waals surface area contributed by atoms with Gasteiger partial charge in [-0.15, -0.1) is 10.2 Å². The molecule has 0 aliphatic carbocycles. The zero-order valence-corrected chi connectivity index (χ0v) is 10.1. The SMILES string of the molecule is Nc1ccccc1-c1nnc2ccc(C(F)(F)F)cn12. The smallest absolute Gasteiger partial charge is 0.398 e. The van der Waals surface area contributed by atoms with Crippen molar-refractivity contribution in [2.24, 2.45) is 0 Å². The standard InChI is InChI=1S/C13H9F3N4/c14-13(15,16)8-5-6-11-18-19-12(20(11)7-8)9-3-1-2-4-10(9)17/h1-7H,17H2. The first-order valence-electron chi connectivity index (χ1n) is 5.73. The summed E-state index contributed by atoms with van der Waals surface area (Å²) < 4.78 is 39.6. The Bertz CT molecular complexity index is 777. The van der Waals surface area contributed by atoms with Crippen molar-refractivity contribution in [2.75, 3.05) is 5.73 Å². The highest BCUT2D eigenvalue weighted by atomic mass is 19.4. The molecule has 3 rings (SSSR count). The molecule has 0 aliphatic rings. The number of benzene rings is 1. The van der Waals surface area contributed by atoms with Gasteiger partial charge in [-0.1, -0.05) is 12.1 Å². The fourth-order valence-corrected chi connectivity index (χ4v) is 1.94. The van der Waals surface area contributed by atoms with E-state index in [1.165, 1.54) is 10.5 Å². The van der Waals surface area contributed by atoms with Gasteiger partial charge in [-0.2, -0.15) is 13.2 Å². The minimum absolute atomic E-state index is 0.282. The lowest BCUT2D eigenvalue weighted by molar-refractivity contribution is -0.137. The average molecular weight is 278 g/mol. The van der Waals surface area contributed by atoms with Gasteiger partial charge in [0, 0.05) is 17.4 Å². The lowest BCUT2D eigenvalue weighted by Gasteiger charge is -2.08. The van der Waals surface area contributed by atoms with Crippen LogP contribution in [0.15, 0.2) is 42.6 Å². The molecule has 0 fully saturated rings. The molecule has 0 aliphatic heterocycles. The zero-order valence-electron chi connectivity index (χ0n) is 10.1. The van der Waals surface area contributed by atoms with Crippen molar-refractivity contribution in [2.45, 2.75) is 6.18 Å². The summed E-state index contributed by atoms with van der Waals surface area (Å²) >= 11 is 0. The van der Waals surface area contributed by atoms with Crippen LogP contribution in [0.4, 0.5) is 18.9 Å². The van der Waals surface area contributed by atoms with Crippen molar-refractivity contribution in [3.63, 3.8) is 0 Å². The third-order valence-electron chi connectivity index (χ3n) is 2.93. The second-order valence-electron chi connectivity index (χ2n) is 4.25. The Labute approximate surface area is 111 Å². The van der Waals surface area contributed by atoms with Crippen LogP contribution < -0.4 is 5.73 Å². The van der Waals surface area contributed by atoms with Gasteiger partial charge in [0.05, 0.1) is 5.56 Å². The largest absolute Gasteiger partial charge is 0.417 e. The van der Waals surface area contributed by atoms with E-state index >= 15 is 0 Å². The van der Waals surface area contributed by atoms with Crippen molar-refractivity contribution in [3.05, 3.63) is 48.2 Å². The van der Waals surface area contributed by atoms with Crippen LogP contribution in [0.25, 0.3) is 17.0 Å². The highest BCUT2D eigenvalue weighted by Crippen LogP contribution is 2.31. The summed E-state index contributed by atoms with van der Waals surface area (Å²) in [5, 5.41) is 7.76. The van der Waals surface area contributed by atoms with E-state index in [0.717, 1.165) is 12.3 Å².